The number of halogens is 3. The minimum Gasteiger partial charge on any atom is -0.276 e. The van der Waals surface area contributed by atoms with Crippen LogP contribution in [0, 0.1) is 6.92 Å². The molecule has 0 radical (unpaired) electrons. The summed E-state index contributed by atoms with van der Waals surface area (Å²) in [5, 5.41) is 7.26. The van der Waals surface area contributed by atoms with E-state index in [9.17, 15) is 13.2 Å². The lowest BCUT2D eigenvalue weighted by atomic mass is 10.2. The smallest absolute Gasteiger partial charge is 0.276 e. The lowest BCUT2D eigenvalue weighted by Gasteiger charge is -2.09. The van der Waals surface area contributed by atoms with Crippen LogP contribution in [0.2, 0.25) is 0 Å². The predicted molar refractivity (Wildman–Crippen MR) is 58.0 cm³/mol. The van der Waals surface area contributed by atoms with Crippen LogP contribution in [-0.2, 0) is 6.18 Å². The SMILES string of the molecule is Cc1nnc2c(C(F)(F)F)nc3ccccc3n12. The van der Waals surface area contributed by atoms with Gasteiger partial charge in [-0.2, -0.15) is 13.2 Å². The Kier molecular flexibility index (Phi) is 2.07. The first kappa shape index (κ1) is 10.9. The van der Waals surface area contributed by atoms with E-state index in [0.29, 0.717) is 11.3 Å². The number of benzene rings is 1. The summed E-state index contributed by atoms with van der Waals surface area (Å²) in [6.45, 7) is 1.60. The van der Waals surface area contributed by atoms with Crippen molar-refractivity contribution >= 4 is 16.7 Å². The Bertz CT molecular complexity index is 745. The van der Waals surface area contributed by atoms with Crippen LogP contribution < -0.4 is 0 Å². The molecular formula is C11H7F3N4. The van der Waals surface area contributed by atoms with Crippen molar-refractivity contribution in [3.8, 4) is 0 Å². The van der Waals surface area contributed by atoms with Crippen LogP contribution in [0.3, 0.4) is 0 Å². The van der Waals surface area contributed by atoms with E-state index < -0.39 is 11.9 Å². The highest BCUT2D eigenvalue weighted by Gasteiger charge is 2.37. The maximum atomic E-state index is 12.9. The number of hydrogen-bond donors (Lipinski definition) is 0. The molecule has 0 saturated heterocycles. The van der Waals surface area contributed by atoms with Gasteiger partial charge in [0.2, 0.25) is 0 Å². The third-order valence-corrected chi connectivity index (χ3v) is 2.66. The number of aryl methyl sites for hydroxylation is 1. The minimum absolute atomic E-state index is 0.264. The van der Waals surface area contributed by atoms with Gasteiger partial charge >= 0.3 is 6.18 Å². The van der Waals surface area contributed by atoms with Gasteiger partial charge in [-0.15, -0.1) is 10.2 Å². The fourth-order valence-electron chi connectivity index (χ4n) is 1.91. The molecule has 0 aliphatic carbocycles. The molecule has 2 aromatic heterocycles. The second kappa shape index (κ2) is 3.41. The number of hydrogen-bond acceptors (Lipinski definition) is 3. The van der Waals surface area contributed by atoms with Crippen LogP contribution in [0.5, 0.6) is 0 Å². The molecule has 0 spiro atoms. The molecule has 0 unspecified atom stereocenters. The van der Waals surface area contributed by atoms with E-state index in [-0.39, 0.29) is 11.2 Å². The maximum Gasteiger partial charge on any atom is 0.437 e. The Labute approximate surface area is 99.1 Å². The van der Waals surface area contributed by atoms with Crippen LogP contribution in [0.1, 0.15) is 11.5 Å². The van der Waals surface area contributed by atoms with Gasteiger partial charge < -0.3 is 0 Å². The molecule has 0 fully saturated rings. The zero-order valence-electron chi connectivity index (χ0n) is 9.23. The highest BCUT2D eigenvalue weighted by molar-refractivity contribution is 5.78. The van der Waals surface area contributed by atoms with Gasteiger partial charge in [0, 0.05) is 0 Å². The van der Waals surface area contributed by atoms with Gasteiger partial charge in [0.1, 0.15) is 5.82 Å². The lowest BCUT2D eigenvalue weighted by molar-refractivity contribution is -0.140. The number of rotatable bonds is 0. The Balaban J connectivity index is 2.57. The summed E-state index contributed by atoms with van der Waals surface area (Å²) in [6, 6.07) is 6.59. The van der Waals surface area contributed by atoms with E-state index in [1.54, 1.807) is 25.1 Å². The van der Waals surface area contributed by atoms with Gasteiger partial charge in [0.05, 0.1) is 11.0 Å². The summed E-state index contributed by atoms with van der Waals surface area (Å²) in [5.74, 6) is 0.397. The standard InChI is InChI=1S/C11H7F3N4/c1-6-16-17-10-9(11(12,13)14)15-7-4-2-3-5-8(7)18(6)10/h2-5H,1H3. The van der Waals surface area contributed by atoms with Crippen LogP contribution in [0.15, 0.2) is 24.3 Å². The minimum atomic E-state index is -4.55. The third kappa shape index (κ3) is 1.43. The molecule has 0 aliphatic heterocycles. The number of aromatic nitrogens is 4. The first-order valence-electron chi connectivity index (χ1n) is 5.16. The Hall–Kier alpha value is -2.18. The van der Waals surface area contributed by atoms with Gasteiger partial charge in [-0.3, -0.25) is 4.40 Å². The number of fused-ring (bicyclic) bond motifs is 3. The van der Waals surface area contributed by atoms with Crippen molar-refractivity contribution in [3.63, 3.8) is 0 Å². The summed E-state index contributed by atoms with van der Waals surface area (Å²) >= 11 is 0. The van der Waals surface area contributed by atoms with Crippen LogP contribution in [0.4, 0.5) is 13.2 Å². The van der Waals surface area contributed by atoms with Crippen molar-refractivity contribution in [1.29, 1.82) is 0 Å². The van der Waals surface area contributed by atoms with Gasteiger partial charge in [0.25, 0.3) is 0 Å². The molecule has 0 amide bonds. The fraction of sp³-hybridized carbons (Fsp3) is 0.182. The van der Waals surface area contributed by atoms with Gasteiger partial charge in [-0.25, -0.2) is 4.98 Å². The molecule has 0 aliphatic rings. The molecule has 4 nitrogen and oxygen atoms in total. The largest absolute Gasteiger partial charge is 0.437 e. The quantitative estimate of drug-likeness (QED) is 0.617. The first-order chi connectivity index (χ1) is 8.48. The normalized spacial score (nSPS) is 12.4. The average molecular weight is 252 g/mol. The average Bonchev–Trinajstić information content (AvgIpc) is 2.70. The maximum absolute atomic E-state index is 12.9. The highest BCUT2D eigenvalue weighted by Crippen LogP contribution is 2.32. The van der Waals surface area contributed by atoms with Crippen molar-refractivity contribution in [1.82, 2.24) is 19.6 Å². The highest BCUT2D eigenvalue weighted by atomic mass is 19.4. The third-order valence-electron chi connectivity index (χ3n) is 2.66. The number of para-hydroxylation sites is 2. The Morgan fingerprint density at radius 1 is 1.11 bits per heavy atom. The fourth-order valence-corrected chi connectivity index (χ4v) is 1.91. The second-order valence-corrected chi connectivity index (χ2v) is 3.85. The van der Waals surface area contributed by atoms with Crippen LogP contribution in [0.25, 0.3) is 16.7 Å². The van der Waals surface area contributed by atoms with E-state index in [0.717, 1.165) is 0 Å². The zero-order valence-corrected chi connectivity index (χ0v) is 9.23. The monoisotopic (exact) mass is 252 g/mol. The van der Waals surface area contributed by atoms with Crippen molar-refractivity contribution in [2.24, 2.45) is 0 Å². The molecular weight excluding hydrogens is 245 g/mol. The molecule has 3 aromatic rings. The van der Waals surface area contributed by atoms with Gasteiger partial charge in [-0.05, 0) is 19.1 Å². The summed E-state index contributed by atoms with van der Waals surface area (Å²) in [5.41, 5.74) is -0.455. The molecule has 92 valence electrons. The molecule has 1 aromatic carbocycles. The molecule has 0 saturated carbocycles. The number of alkyl halides is 3. The molecule has 18 heavy (non-hydrogen) atoms. The molecule has 0 atom stereocenters. The van der Waals surface area contributed by atoms with E-state index in [1.807, 2.05) is 0 Å². The molecule has 7 heteroatoms. The lowest BCUT2D eigenvalue weighted by Crippen LogP contribution is -2.11. The van der Waals surface area contributed by atoms with Crippen molar-refractivity contribution in [2.75, 3.05) is 0 Å². The molecule has 2 heterocycles. The van der Waals surface area contributed by atoms with E-state index in [4.69, 9.17) is 0 Å². The molecule has 0 N–H and O–H groups in total. The van der Waals surface area contributed by atoms with Crippen LogP contribution in [-0.4, -0.2) is 19.6 Å². The van der Waals surface area contributed by atoms with Crippen molar-refractivity contribution in [3.05, 3.63) is 35.8 Å². The predicted octanol–water partition coefficient (Wildman–Crippen LogP) is 2.60. The van der Waals surface area contributed by atoms with E-state index in [2.05, 4.69) is 15.2 Å². The van der Waals surface area contributed by atoms with Crippen molar-refractivity contribution in [2.45, 2.75) is 13.1 Å². The Morgan fingerprint density at radius 3 is 2.56 bits per heavy atom. The second-order valence-electron chi connectivity index (χ2n) is 3.85. The van der Waals surface area contributed by atoms with Crippen molar-refractivity contribution < 1.29 is 13.2 Å². The van der Waals surface area contributed by atoms with E-state index in [1.165, 1.54) is 10.5 Å². The topological polar surface area (TPSA) is 43.1 Å². The summed E-state index contributed by atoms with van der Waals surface area (Å²) < 4.78 is 40.1. The van der Waals surface area contributed by atoms with Crippen LogP contribution >= 0.6 is 0 Å². The van der Waals surface area contributed by atoms with Gasteiger partial charge in [-0.1, -0.05) is 12.1 Å². The summed E-state index contributed by atoms with van der Waals surface area (Å²) in [7, 11) is 0. The summed E-state index contributed by atoms with van der Waals surface area (Å²) in [6.07, 6.45) is -4.55. The molecule has 3 rings (SSSR count). The molecule has 0 bridgehead atoms. The first-order valence-corrected chi connectivity index (χ1v) is 5.16. The van der Waals surface area contributed by atoms with E-state index >= 15 is 0 Å². The summed E-state index contributed by atoms with van der Waals surface area (Å²) in [4.78, 5) is 3.64. The zero-order chi connectivity index (χ0) is 12.9. The Morgan fingerprint density at radius 2 is 1.83 bits per heavy atom. The van der Waals surface area contributed by atoms with Gasteiger partial charge in [0.15, 0.2) is 11.3 Å². The number of nitrogens with zero attached hydrogens (tertiary/aromatic N) is 4.